The highest BCUT2D eigenvalue weighted by atomic mass is 79.9. The van der Waals surface area contributed by atoms with Gasteiger partial charge in [-0.3, -0.25) is 4.79 Å². The van der Waals surface area contributed by atoms with Gasteiger partial charge in [-0.2, -0.15) is 0 Å². The lowest BCUT2D eigenvalue weighted by molar-refractivity contribution is 0.0764. The summed E-state index contributed by atoms with van der Waals surface area (Å²) in [6, 6.07) is 7.59. The molecular weight excluding hydrogens is 292 g/mol. The lowest BCUT2D eigenvalue weighted by atomic mass is 9.99. The molecule has 1 heterocycles. The predicted octanol–water partition coefficient (Wildman–Crippen LogP) is 2.52. The van der Waals surface area contributed by atoms with Crippen LogP contribution in [0.1, 0.15) is 23.2 Å². The molecule has 1 unspecified atom stereocenters. The molecule has 0 radical (unpaired) electrons. The van der Waals surface area contributed by atoms with E-state index in [0.29, 0.717) is 5.92 Å². The van der Waals surface area contributed by atoms with Crippen LogP contribution in [-0.2, 0) is 0 Å². The second-order valence-electron chi connectivity index (χ2n) is 4.88. The van der Waals surface area contributed by atoms with Crippen LogP contribution in [-0.4, -0.2) is 37.5 Å². The Labute approximate surface area is 117 Å². The molecule has 98 valence electrons. The van der Waals surface area contributed by atoms with Crippen molar-refractivity contribution >= 4 is 21.8 Å². The fourth-order valence-electron chi connectivity index (χ4n) is 2.39. The van der Waals surface area contributed by atoms with Crippen LogP contribution in [0.4, 0.5) is 0 Å². The van der Waals surface area contributed by atoms with Crippen molar-refractivity contribution in [2.75, 3.05) is 26.7 Å². The Hall–Kier alpha value is -0.870. The van der Waals surface area contributed by atoms with Gasteiger partial charge < -0.3 is 10.2 Å². The van der Waals surface area contributed by atoms with E-state index in [1.807, 2.05) is 36.2 Å². The molecule has 1 aliphatic heterocycles. The second-order valence-corrected chi connectivity index (χ2v) is 5.73. The number of rotatable bonds is 3. The Balaban J connectivity index is 1.98. The van der Waals surface area contributed by atoms with Gasteiger partial charge in [0.2, 0.25) is 0 Å². The van der Waals surface area contributed by atoms with Gasteiger partial charge in [0.1, 0.15) is 0 Å². The Kier molecular flexibility index (Phi) is 4.78. The summed E-state index contributed by atoms with van der Waals surface area (Å²) in [6.07, 6.45) is 2.42. The van der Waals surface area contributed by atoms with E-state index < -0.39 is 0 Å². The van der Waals surface area contributed by atoms with Gasteiger partial charge >= 0.3 is 0 Å². The molecule has 1 fully saturated rings. The zero-order chi connectivity index (χ0) is 13.0. The van der Waals surface area contributed by atoms with Crippen LogP contribution in [0.3, 0.4) is 0 Å². The molecule has 0 aromatic heterocycles. The number of halogens is 1. The molecule has 18 heavy (non-hydrogen) atoms. The van der Waals surface area contributed by atoms with Crippen molar-refractivity contribution in [1.82, 2.24) is 10.2 Å². The van der Waals surface area contributed by atoms with E-state index in [2.05, 4.69) is 21.2 Å². The van der Waals surface area contributed by atoms with Crippen molar-refractivity contribution in [3.8, 4) is 0 Å². The van der Waals surface area contributed by atoms with Gasteiger partial charge in [-0.25, -0.2) is 0 Å². The number of nitrogens with one attached hydrogen (secondary N) is 1. The van der Waals surface area contributed by atoms with Crippen LogP contribution < -0.4 is 5.32 Å². The third-order valence-corrected chi connectivity index (χ3v) is 4.07. The van der Waals surface area contributed by atoms with Crippen molar-refractivity contribution in [3.63, 3.8) is 0 Å². The molecular formula is C14H19BrN2O. The van der Waals surface area contributed by atoms with E-state index in [0.717, 1.165) is 29.7 Å². The molecule has 1 aromatic carbocycles. The normalized spacial score (nSPS) is 19.6. The summed E-state index contributed by atoms with van der Waals surface area (Å²) >= 11 is 3.43. The van der Waals surface area contributed by atoms with Crippen molar-refractivity contribution in [3.05, 3.63) is 34.3 Å². The van der Waals surface area contributed by atoms with E-state index in [9.17, 15) is 4.79 Å². The van der Waals surface area contributed by atoms with Crippen molar-refractivity contribution < 1.29 is 4.79 Å². The maximum absolute atomic E-state index is 12.3. The van der Waals surface area contributed by atoms with E-state index in [1.165, 1.54) is 12.8 Å². The molecule has 1 amide bonds. The van der Waals surface area contributed by atoms with Crippen LogP contribution in [0.5, 0.6) is 0 Å². The average molecular weight is 311 g/mol. The molecule has 0 aliphatic carbocycles. The number of carbonyl (C=O) groups excluding carboxylic acids is 1. The molecule has 1 N–H and O–H groups in total. The summed E-state index contributed by atoms with van der Waals surface area (Å²) in [6.45, 7) is 2.96. The Morgan fingerprint density at radius 2 is 2.28 bits per heavy atom. The number of nitrogens with zero attached hydrogens (tertiary/aromatic N) is 1. The predicted molar refractivity (Wildman–Crippen MR) is 76.7 cm³/mol. The molecule has 1 saturated heterocycles. The summed E-state index contributed by atoms with van der Waals surface area (Å²) in [7, 11) is 1.89. The highest BCUT2D eigenvalue weighted by Crippen LogP contribution is 2.19. The lowest BCUT2D eigenvalue weighted by Gasteiger charge is -2.27. The molecule has 0 bridgehead atoms. The number of benzene rings is 1. The minimum Gasteiger partial charge on any atom is -0.341 e. The quantitative estimate of drug-likeness (QED) is 0.930. The molecule has 0 saturated carbocycles. The van der Waals surface area contributed by atoms with Gasteiger partial charge in [0.25, 0.3) is 5.91 Å². The van der Waals surface area contributed by atoms with Crippen molar-refractivity contribution in [2.24, 2.45) is 5.92 Å². The first kappa shape index (κ1) is 13.6. The van der Waals surface area contributed by atoms with Gasteiger partial charge in [0.05, 0.1) is 5.56 Å². The van der Waals surface area contributed by atoms with Gasteiger partial charge in [-0.05, 0) is 59.9 Å². The van der Waals surface area contributed by atoms with E-state index in [1.54, 1.807) is 0 Å². The van der Waals surface area contributed by atoms with Crippen LogP contribution in [0.15, 0.2) is 28.7 Å². The number of hydrogen-bond acceptors (Lipinski definition) is 2. The summed E-state index contributed by atoms with van der Waals surface area (Å²) in [5, 5.41) is 3.38. The standard InChI is InChI=1S/C14H19BrN2O/c1-17(10-11-5-4-8-16-9-11)14(18)12-6-2-3-7-13(12)15/h2-3,6-7,11,16H,4-5,8-10H2,1H3. The summed E-state index contributed by atoms with van der Waals surface area (Å²) in [4.78, 5) is 14.1. The minimum atomic E-state index is 0.0908. The molecule has 0 spiro atoms. The first-order valence-electron chi connectivity index (χ1n) is 6.39. The van der Waals surface area contributed by atoms with Crippen LogP contribution in [0, 0.1) is 5.92 Å². The number of piperidine rings is 1. The van der Waals surface area contributed by atoms with E-state index in [-0.39, 0.29) is 5.91 Å². The van der Waals surface area contributed by atoms with Crippen molar-refractivity contribution in [1.29, 1.82) is 0 Å². The molecule has 1 atom stereocenters. The van der Waals surface area contributed by atoms with Crippen LogP contribution in [0.2, 0.25) is 0 Å². The fourth-order valence-corrected chi connectivity index (χ4v) is 2.84. The largest absolute Gasteiger partial charge is 0.341 e. The maximum atomic E-state index is 12.3. The monoisotopic (exact) mass is 310 g/mol. The summed E-state index contributed by atoms with van der Waals surface area (Å²) < 4.78 is 0.864. The molecule has 2 rings (SSSR count). The lowest BCUT2D eigenvalue weighted by Crippen LogP contribution is -2.39. The average Bonchev–Trinajstić information content (AvgIpc) is 2.39. The Bertz CT molecular complexity index is 416. The highest BCUT2D eigenvalue weighted by molar-refractivity contribution is 9.10. The smallest absolute Gasteiger partial charge is 0.254 e. The first-order valence-corrected chi connectivity index (χ1v) is 7.18. The van der Waals surface area contributed by atoms with E-state index in [4.69, 9.17) is 0 Å². The fraction of sp³-hybridized carbons (Fsp3) is 0.500. The van der Waals surface area contributed by atoms with Gasteiger partial charge in [0.15, 0.2) is 0 Å². The highest BCUT2D eigenvalue weighted by Gasteiger charge is 2.19. The van der Waals surface area contributed by atoms with Crippen LogP contribution in [0.25, 0.3) is 0 Å². The molecule has 3 nitrogen and oxygen atoms in total. The molecule has 1 aliphatic rings. The topological polar surface area (TPSA) is 32.3 Å². The number of carbonyl (C=O) groups is 1. The summed E-state index contributed by atoms with van der Waals surface area (Å²) in [5.41, 5.74) is 0.740. The minimum absolute atomic E-state index is 0.0908. The van der Waals surface area contributed by atoms with Gasteiger partial charge in [-0.1, -0.05) is 12.1 Å². The van der Waals surface area contributed by atoms with Gasteiger partial charge in [0, 0.05) is 18.1 Å². The van der Waals surface area contributed by atoms with E-state index >= 15 is 0 Å². The summed E-state index contributed by atoms with van der Waals surface area (Å²) in [5.74, 6) is 0.670. The van der Waals surface area contributed by atoms with Gasteiger partial charge in [-0.15, -0.1) is 0 Å². The zero-order valence-corrected chi connectivity index (χ0v) is 12.2. The molecule has 4 heteroatoms. The zero-order valence-electron chi connectivity index (χ0n) is 10.7. The Morgan fingerprint density at radius 3 is 2.94 bits per heavy atom. The molecule has 1 aromatic rings. The maximum Gasteiger partial charge on any atom is 0.254 e. The SMILES string of the molecule is CN(CC1CCCNC1)C(=O)c1ccccc1Br. The number of hydrogen-bond donors (Lipinski definition) is 1. The second kappa shape index (κ2) is 6.34. The first-order chi connectivity index (χ1) is 8.68. The third-order valence-electron chi connectivity index (χ3n) is 3.38. The van der Waals surface area contributed by atoms with Crippen molar-refractivity contribution in [2.45, 2.75) is 12.8 Å². The number of amides is 1. The third kappa shape index (κ3) is 3.33. The van der Waals surface area contributed by atoms with Crippen LogP contribution >= 0.6 is 15.9 Å². The Morgan fingerprint density at radius 1 is 1.50 bits per heavy atom.